The molecule has 0 spiro atoms. The maximum Gasteiger partial charge on any atom is 0.203 e. The first-order valence-corrected chi connectivity index (χ1v) is 5.21. The summed E-state index contributed by atoms with van der Waals surface area (Å²) in [6.07, 6.45) is 0. The Balaban J connectivity index is 3.21. The molecule has 0 saturated carbocycles. The Morgan fingerprint density at radius 1 is 1.57 bits per heavy atom. The van der Waals surface area contributed by atoms with Gasteiger partial charge in [-0.3, -0.25) is 0 Å². The summed E-state index contributed by atoms with van der Waals surface area (Å²) in [5, 5.41) is 0. The number of rotatable bonds is 3. The maximum absolute atomic E-state index is 5.10. The number of nitrogens with zero attached hydrogens (tertiary/aromatic N) is 2. The van der Waals surface area contributed by atoms with E-state index >= 15 is 0 Å². The molecule has 0 fully saturated rings. The summed E-state index contributed by atoms with van der Waals surface area (Å²) in [5.41, 5.74) is 0.899. The summed E-state index contributed by atoms with van der Waals surface area (Å²) in [6.45, 7) is 0.480. The van der Waals surface area contributed by atoms with Crippen LogP contribution >= 0.6 is 28.1 Å². The van der Waals surface area contributed by atoms with Crippen molar-refractivity contribution in [2.45, 2.75) is 6.61 Å². The zero-order valence-electron chi connectivity index (χ0n) is 8.30. The molecule has 4 nitrogen and oxygen atoms in total. The fourth-order valence-corrected chi connectivity index (χ4v) is 1.46. The Morgan fingerprint density at radius 3 is 2.71 bits per heavy atom. The van der Waals surface area contributed by atoms with E-state index in [1.165, 1.54) is 0 Å². The molecule has 1 rings (SSSR count). The van der Waals surface area contributed by atoms with Crippen molar-refractivity contribution in [2.24, 2.45) is 0 Å². The quantitative estimate of drug-likeness (QED) is 0.860. The minimum atomic E-state index is 0.480. The van der Waals surface area contributed by atoms with Crippen molar-refractivity contribution in [3.63, 3.8) is 0 Å². The highest BCUT2D eigenvalue weighted by Crippen LogP contribution is 2.18. The van der Waals surface area contributed by atoms with Crippen molar-refractivity contribution in [1.29, 1.82) is 0 Å². The van der Waals surface area contributed by atoms with Gasteiger partial charge in [0, 0.05) is 21.2 Å². The van der Waals surface area contributed by atoms with Crippen molar-refractivity contribution in [3.05, 3.63) is 14.8 Å². The average molecular weight is 278 g/mol. The van der Waals surface area contributed by atoms with E-state index in [-0.39, 0.29) is 0 Å². The zero-order chi connectivity index (χ0) is 10.7. The fraction of sp³-hybridized carbons (Fsp3) is 0.500. The normalized spacial score (nSPS) is 10.3. The molecule has 14 heavy (non-hydrogen) atoms. The second-order valence-electron chi connectivity index (χ2n) is 2.99. The van der Waals surface area contributed by atoms with Gasteiger partial charge in [0.25, 0.3) is 0 Å². The molecule has 0 aliphatic heterocycles. The van der Waals surface area contributed by atoms with Crippen molar-refractivity contribution in [1.82, 2.24) is 9.97 Å². The van der Waals surface area contributed by atoms with Gasteiger partial charge in [0.2, 0.25) is 5.95 Å². The van der Waals surface area contributed by atoms with Gasteiger partial charge in [-0.1, -0.05) is 12.2 Å². The van der Waals surface area contributed by atoms with Crippen molar-refractivity contribution >= 4 is 34.1 Å². The Morgan fingerprint density at radius 2 is 2.21 bits per heavy atom. The van der Waals surface area contributed by atoms with E-state index in [1.807, 2.05) is 19.0 Å². The molecule has 6 heteroatoms. The fourth-order valence-electron chi connectivity index (χ4n) is 0.948. The number of aromatic nitrogens is 2. The molecule has 0 atom stereocenters. The van der Waals surface area contributed by atoms with Crippen LogP contribution in [0.2, 0.25) is 0 Å². The molecule has 1 aromatic rings. The van der Waals surface area contributed by atoms with Crippen molar-refractivity contribution < 1.29 is 4.74 Å². The van der Waals surface area contributed by atoms with Crippen LogP contribution in [0.3, 0.4) is 0 Å². The predicted molar refractivity (Wildman–Crippen MR) is 62.2 cm³/mol. The van der Waals surface area contributed by atoms with Gasteiger partial charge in [-0.05, 0) is 15.9 Å². The van der Waals surface area contributed by atoms with Crippen LogP contribution in [0.25, 0.3) is 0 Å². The molecule has 0 bridgehead atoms. The Hall–Kier alpha value is -0.460. The summed E-state index contributed by atoms with van der Waals surface area (Å²) in [6, 6.07) is 0. The summed E-state index contributed by atoms with van der Waals surface area (Å²) >= 11 is 8.47. The monoisotopic (exact) mass is 277 g/mol. The average Bonchev–Trinajstić information content (AvgIpc) is 2.12. The maximum atomic E-state index is 5.10. The lowest BCUT2D eigenvalue weighted by molar-refractivity contribution is 0.181. The van der Waals surface area contributed by atoms with Crippen LogP contribution in [0, 0.1) is 4.64 Å². The lowest BCUT2D eigenvalue weighted by Gasteiger charge is -2.13. The lowest BCUT2D eigenvalue weighted by Crippen LogP contribution is -2.14. The minimum absolute atomic E-state index is 0.480. The number of methoxy groups -OCH3 is 1. The topological polar surface area (TPSA) is 41.1 Å². The van der Waals surface area contributed by atoms with Gasteiger partial charge in [-0.15, -0.1) is 0 Å². The van der Waals surface area contributed by atoms with Gasteiger partial charge in [-0.25, -0.2) is 4.98 Å². The minimum Gasteiger partial charge on any atom is -0.378 e. The first-order valence-electron chi connectivity index (χ1n) is 4.01. The number of nitrogens with one attached hydrogen (secondary N) is 1. The van der Waals surface area contributed by atoms with E-state index in [2.05, 4.69) is 25.9 Å². The van der Waals surface area contributed by atoms with Crippen LogP contribution in [0.5, 0.6) is 0 Å². The second-order valence-corrected chi connectivity index (χ2v) is 4.17. The molecular weight excluding hydrogens is 266 g/mol. The first kappa shape index (κ1) is 11.6. The summed E-state index contributed by atoms with van der Waals surface area (Å²) < 4.78 is 6.38. The smallest absolute Gasteiger partial charge is 0.203 e. The number of H-pyrrole nitrogens is 1. The highest BCUT2D eigenvalue weighted by Gasteiger charge is 2.06. The number of aromatic amines is 1. The van der Waals surface area contributed by atoms with E-state index in [1.54, 1.807) is 7.11 Å². The number of anilines is 1. The summed E-state index contributed by atoms with van der Waals surface area (Å²) in [7, 11) is 5.44. The molecule has 0 aliphatic rings. The molecule has 0 unspecified atom stereocenters. The van der Waals surface area contributed by atoms with E-state index < -0.39 is 0 Å². The SMILES string of the molecule is COCc1[nH]c(N(C)C)nc(=S)c1Br. The van der Waals surface area contributed by atoms with Crippen LogP contribution in [0.1, 0.15) is 5.69 Å². The predicted octanol–water partition coefficient (Wildman–Crippen LogP) is 2.11. The standard InChI is InChI=1S/C8H12BrN3OS/c1-12(2)8-10-5(4-13-3)6(9)7(14)11-8/h4H2,1-3H3,(H,10,11,14). The Labute approximate surface area is 96.4 Å². The van der Waals surface area contributed by atoms with Gasteiger partial charge >= 0.3 is 0 Å². The molecule has 1 N–H and O–H groups in total. The zero-order valence-corrected chi connectivity index (χ0v) is 10.7. The number of hydrogen-bond donors (Lipinski definition) is 1. The summed E-state index contributed by atoms with van der Waals surface area (Å²) in [4.78, 5) is 9.19. The van der Waals surface area contributed by atoms with E-state index in [0.29, 0.717) is 11.2 Å². The largest absolute Gasteiger partial charge is 0.378 e. The van der Waals surface area contributed by atoms with Gasteiger partial charge in [0.05, 0.1) is 16.8 Å². The molecular formula is C8H12BrN3OS. The highest BCUT2D eigenvalue weighted by molar-refractivity contribution is 9.10. The molecule has 0 saturated heterocycles. The third-order valence-corrected chi connectivity index (χ3v) is 3.05. The van der Waals surface area contributed by atoms with Gasteiger partial charge in [-0.2, -0.15) is 0 Å². The van der Waals surface area contributed by atoms with Crippen LogP contribution in [0.4, 0.5) is 5.95 Å². The highest BCUT2D eigenvalue weighted by atomic mass is 79.9. The molecule has 1 heterocycles. The van der Waals surface area contributed by atoms with Crippen LogP contribution in [0.15, 0.2) is 4.47 Å². The Kier molecular flexibility index (Phi) is 4.03. The van der Waals surface area contributed by atoms with Gasteiger partial charge in [0.1, 0.15) is 4.64 Å². The molecule has 0 aromatic carbocycles. The molecule has 0 aliphatic carbocycles. The lowest BCUT2D eigenvalue weighted by atomic mass is 10.4. The molecule has 1 aromatic heterocycles. The summed E-state index contributed by atoms with van der Waals surface area (Å²) in [5.74, 6) is 0.727. The molecule has 0 radical (unpaired) electrons. The van der Waals surface area contributed by atoms with Crippen LogP contribution in [-0.4, -0.2) is 31.2 Å². The third kappa shape index (κ3) is 2.52. The van der Waals surface area contributed by atoms with E-state index in [9.17, 15) is 0 Å². The third-order valence-electron chi connectivity index (χ3n) is 1.64. The molecule has 0 amide bonds. The second kappa shape index (κ2) is 4.86. The number of ether oxygens (including phenoxy) is 1. The number of halogens is 1. The van der Waals surface area contributed by atoms with Crippen molar-refractivity contribution in [3.8, 4) is 0 Å². The van der Waals surface area contributed by atoms with E-state index in [4.69, 9.17) is 17.0 Å². The van der Waals surface area contributed by atoms with Crippen molar-refractivity contribution in [2.75, 3.05) is 26.1 Å². The van der Waals surface area contributed by atoms with Crippen LogP contribution < -0.4 is 4.90 Å². The van der Waals surface area contributed by atoms with Gasteiger partial charge in [0.15, 0.2) is 0 Å². The van der Waals surface area contributed by atoms with Crippen LogP contribution in [-0.2, 0) is 11.3 Å². The Bertz CT molecular complexity index is 377. The molecule has 78 valence electrons. The van der Waals surface area contributed by atoms with E-state index in [0.717, 1.165) is 16.1 Å². The van der Waals surface area contributed by atoms with Gasteiger partial charge < -0.3 is 14.6 Å². The number of hydrogen-bond acceptors (Lipinski definition) is 4. The first-order chi connectivity index (χ1) is 6.56.